The van der Waals surface area contributed by atoms with Crippen LogP contribution in [0.25, 0.3) is 0 Å². The van der Waals surface area contributed by atoms with Crippen LogP contribution in [-0.4, -0.2) is 66.3 Å². The average Bonchev–Trinajstić information content (AvgIpc) is 3.01. The fourth-order valence-electron chi connectivity index (χ4n) is 4.77. The van der Waals surface area contributed by atoms with Gasteiger partial charge in [-0.25, -0.2) is 4.79 Å². The number of piperidine rings is 1. The zero-order valence-corrected chi connectivity index (χ0v) is 18.7. The van der Waals surface area contributed by atoms with Crippen molar-refractivity contribution in [1.29, 1.82) is 0 Å². The number of halogens is 3. The lowest BCUT2D eigenvalue weighted by atomic mass is 9.73. The van der Waals surface area contributed by atoms with E-state index in [2.05, 4.69) is 10.1 Å². The number of carboxylic acid groups (broad SMARTS) is 1. The van der Waals surface area contributed by atoms with E-state index in [1.807, 2.05) is 13.8 Å². The quantitative estimate of drug-likeness (QED) is 0.681. The number of ether oxygens (including phenoxy) is 2. The van der Waals surface area contributed by atoms with Crippen LogP contribution in [0.1, 0.15) is 55.5 Å². The summed E-state index contributed by atoms with van der Waals surface area (Å²) in [5, 5.41) is 11.2. The Morgan fingerprint density at radius 3 is 2.56 bits per heavy atom. The average molecular weight is 463 g/mol. The molecule has 1 aromatic heterocycles. The highest BCUT2D eigenvalue weighted by atomic mass is 19.4. The molecule has 2 atom stereocenters. The van der Waals surface area contributed by atoms with Crippen molar-refractivity contribution in [3.8, 4) is 0 Å². The molecule has 32 heavy (non-hydrogen) atoms. The van der Waals surface area contributed by atoms with Gasteiger partial charge in [0.05, 0.1) is 18.4 Å². The third kappa shape index (κ3) is 6.23. The predicted molar refractivity (Wildman–Crippen MR) is 109 cm³/mol. The molecular formula is C22H33F3N2O5. The van der Waals surface area contributed by atoms with Crippen LogP contribution >= 0.6 is 0 Å². The van der Waals surface area contributed by atoms with Gasteiger partial charge in [-0.1, -0.05) is 11.6 Å². The monoisotopic (exact) mass is 462 g/mol. The van der Waals surface area contributed by atoms with Gasteiger partial charge in [-0.05, 0) is 51.9 Å². The lowest BCUT2D eigenvalue weighted by Crippen LogP contribution is -2.56. The van der Waals surface area contributed by atoms with E-state index in [4.69, 9.17) is 23.9 Å². The second kappa shape index (κ2) is 10.5. The summed E-state index contributed by atoms with van der Waals surface area (Å²) < 4.78 is 49.5. The summed E-state index contributed by atoms with van der Waals surface area (Å²) in [6.45, 7) is 9.84. The first-order valence-corrected chi connectivity index (χ1v) is 11.2. The summed E-state index contributed by atoms with van der Waals surface area (Å²) in [4.78, 5) is 11.5. The zero-order valence-electron chi connectivity index (χ0n) is 18.7. The SMILES string of the molecule is Cc1noc(C)c1CN1CCC2OCCCC2(COCC2CCC2)C1.O=C(O)C(F)(F)F. The van der Waals surface area contributed by atoms with E-state index in [1.54, 1.807) is 0 Å². The summed E-state index contributed by atoms with van der Waals surface area (Å²) in [6.07, 6.45) is 2.86. The molecule has 0 bridgehead atoms. The Labute approximate surface area is 186 Å². The largest absolute Gasteiger partial charge is 0.490 e. The number of likely N-dealkylation sites (tertiary alicyclic amines) is 1. The molecule has 7 nitrogen and oxygen atoms in total. The molecule has 10 heteroatoms. The van der Waals surface area contributed by atoms with Crippen molar-refractivity contribution in [2.45, 2.75) is 71.2 Å². The highest BCUT2D eigenvalue weighted by Crippen LogP contribution is 2.41. The molecule has 3 aliphatic rings. The smallest absolute Gasteiger partial charge is 0.475 e. The molecule has 1 saturated carbocycles. The van der Waals surface area contributed by atoms with Crippen LogP contribution in [0, 0.1) is 25.2 Å². The lowest BCUT2D eigenvalue weighted by Gasteiger charge is -2.50. The van der Waals surface area contributed by atoms with Crippen LogP contribution in [0.15, 0.2) is 4.52 Å². The van der Waals surface area contributed by atoms with Crippen molar-refractivity contribution < 1.29 is 37.1 Å². The number of alkyl halides is 3. The zero-order chi connectivity index (χ0) is 23.4. The van der Waals surface area contributed by atoms with Crippen molar-refractivity contribution >= 4 is 5.97 Å². The van der Waals surface area contributed by atoms with Gasteiger partial charge in [0.15, 0.2) is 0 Å². The van der Waals surface area contributed by atoms with Gasteiger partial charge in [-0.2, -0.15) is 13.2 Å². The number of fused-ring (bicyclic) bond motifs is 1. The molecule has 3 fully saturated rings. The minimum atomic E-state index is -5.08. The van der Waals surface area contributed by atoms with E-state index in [0.717, 1.165) is 69.7 Å². The van der Waals surface area contributed by atoms with Gasteiger partial charge < -0.3 is 19.1 Å². The van der Waals surface area contributed by atoms with E-state index in [9.17, 15) is 13.2 Å². The second-order valence-corrected chi connectivity index (χ2v) is 9.24. The molecule has 182 valence electrons. The number of hydrogen-bond donors (Lipinski definition) is 1. The number of aryl methyl sites for hydroxylation is 2. The molecule has 1 N–H and O–H groups in total. The van der Waals surface area contributed by atoms with Crippen molar-refractivity contribution in [3.05, 3.63) is 17.0 Å². The third-order valence-electron chi connectivity index (χ3n) is 6.84. The van der Waals surface area contributed by atoms with E-state index >= 15 is 0 Å². The summed E-state index contributed by atoms with van der Waals surface area (Å²) in [5.41, 5.74) is 2.44. The van der Waals surface area contributed by atoms with Crippen molar-refractivity contribution in [2.24, 2.45) is 11.3 Å². The van der Waals surface area contributed by atoms with Crippen molar-refractivity contribution in [3.63, 3.8) is 0 Å². The van der Waals surface area contributed by atoms with E-state index in [1.165, 1.54) is 31.2 Å². The number of carbonyl (C=O) groups is 1. The summed E-state index contributed by atoms with van der Waals surface area (Å²) in [7, 11) is 0. The van der Waals surface area contributed by atoms with Gasteiger partial charge >= 0.3 is 12.1 Å². The normalized spacial score (nSPS) is 26.6. The summed E-state index contributed by atoms with van der Waals surface area (Å²) in [6, 6.07) is 0. The first-order chi connectivity index (χ1) is 15.1. The molecule has 4 rings (SSSR count). The molecule has 3 heterocycles. The predicted octanol–water partition coefficient (Wildman–Crippen LogP) is 4.11. The Morgan fingerprint density at radius 2 is 2.00 bits per heavy atom. The number of nitrogens with zero attached hydrogens (tertiary/aromatic N) is 2. The highest BCUT2D eigenvalue weighted by Gasteiger charge is 2.46. The minimum Gasteiger partial charge on any atom is -0.475 e. The van der Waals surface area contributed by atoms with E-state index < -0.39 is 12.1 Å². The van der Waals surface area contributed by atoms with Crippen LogP contribution in [0.4, 0.5) is 13.2 Å². The van der Waals surface area contributed by atoms with Gasteiger partial charge in [0, 0.05) is 43.8 Å². The van der Waals surface area contributed by atoms with Crippen molar-refractivity contribution in [2.75, 3.05) is 32.9 Å². The van der Waals surface area contributed by atoms with Crippen LogP contribution in [0.3, 0.4) is 0 Å². The Kier molecular flexibility index (Phi) is 8.21. The minimum absolute atomic E-state index is 0.166. The van der Waals surface area contributed by atoms with Gasteiger partial charge in [-0.15, -0.1) is 0 Å². The molecule has 2 aliphatic heterocycles. The number of carboxylic acids is 1. The van der Waals surface area contributed by atoms with Gasteiger partial charge in [0.1, 0.15) is 5.76 Å². The molecule has 1 aromatic rings. The van der Waals surface area contributed by atoms with Crippen LogP contribution in [-0.2, 0) is 20.8 Å². The standard InChI is InChI=1S/C20H32N2O3.C2HF3O2/c1-15-18(16(2)25-21-15)11-22-9-7-19-20(13-22,8-4-10-24-19)14-23-12-17-5-3-6-17;3-2(4,5)1(6)7/h17,19H,3-14H2,1-2H3;(H,6,7). The van der Waals surface area contributed by atoms with Gasteiger partial charge in [0.25, 0.3) is 0 Å². The molecule has 1 aliphatic carbocycles. The van der Waals surface area contributed by atoms with Crippen LogP contribution in [0.5, 0.6) is 0 Å². The first-order valence-electron chi connectivity index (χ1n) is 11.2. The number of hydrogen-bond acceptors (Lipinski definition) is 6. The molecule has 0 spiro atoms. The van der Waals surface area contributed by atoms with Crippen molar-refractivity contribution in [1.82, 2.24) is 10.1 Å². The molecule has 0 radical (unpaired) electrons. The topological polar surface area (TPSA) is 85.0 Å². The fourth-order valence-corrected chi connectivity index (χ4v) is 4.77. The Bertz CT molecular complexity index is 746. The molecule has 0 aromatic carbocycles. The molecular weight excluding hydrogens is 429 g/mol. The molecule has 2 unspecified atom stereocenters. The maximum absolute atomic E-state index is 10.6. The second-order valence-electron chi connectivity index (χ2n) is 9.24. The fraction of sp³-hybridized carbons (Fsp3) is 0.818. The highest BCUT2D eigenvalue weighted by molar-refractivity contribution is 5.73. The number of aliphatic carboxylic acids is 1. The maximum atomic E-state index is 10.6. The maximum Gasteiger partial charge on any atom is 0.490 e. The Balaban J connectivity index is 0.000000360. The summed E-state index contributed by atoms with van der Waals surface area (Å²) >= 11 is 0. The van der Waals surface area contributed by atoms with Gasteiger partial charge in [0.2, 0.25) is 0 Å². The van der Waals surface area contributed by atoms with Gasteiger partial charge in [-0.3, -0.25) is 4.90 Å². The van der Waals surface area contributed by atoms with E-state index in [-0.39, 0.29) is 5.41 Å². The number of rotatable bonds is 6. The third-order valence-corrected chi connectivity index (χ3v) is 6.84. The summed E-state index contributed by atoms with van der Waals surface area (Å²) in [5.74, 6) is -0.997. The first kappa shape index (κ1) is 25.0. The van der Waals surface area contributed by atoms with E-state index in [0.29, 0.717) is 6.10 Å². The lowest BCUT2D eigenvalue weighted by molar-refractivity contribution is -0.192. The Hall–Kier alpha value is -1.65. The Morgan fingerprint density at radius 1 is 1.28 bits per heavy atom. The van der Waals surface area contributed by atoms with Crippen LogP contribution in [0.2, 0.25) is 0 Å². The van der Waals surface area contributed by atoms with Crippen LogP contribution < -0.4 is 0 Å². The number of aromatic nitrogens is 1. The molecule has 2 saturated heterocycles. The molecule has 0 amide bonds.